The molecule has 3 aromatic rings. The SMILES string of the molecule is C=CC=O.CN(C)CCOc1nc2c(c(N3CCN(C)CC3)n1)CCN(c1cc(O)cc3ccccc13)C2. The zero-order valence-electron chi connectivity index (χ0n) is 22.6. The van der Waals surface area contributed by atoms with Crippen molar-refractivity contribution in [3.63, 3.8) is 0 Å². The lowest BCUT2D eigenvalue weighted by molar-refractivity contribution is -0.104. The van der Waals surface area contributed by atoms with Gasteiger partial charge in [0.05, 0.1) is 12.2 Å². The molecule has 2 aliphatic heterocycles. The average molecular weight is 519 g/mol. The summed E-state index contributed by atoms with van der Waals surface area (Å²) < 4.78 is 6.01. The van der Waals surface area contributed by atoms with Crippen LogP contribution in [-0.4, -0.2) is 98.2 Å². The number of hydrogen-bond donors (Lipinski definition) is 1. The molecule has 1 saturated heterocycles. The van der Waals surface area contributed by atoms with Crippen LogP contribution >= 0.6 is 0 Å². The fourth-order valence-corrected chi connectivity index (χ4v) is 4.79. The Hall–Kier alpha value is -3.69. The van der Waals surface area contributed by atoms with E-state index in [1.54, 1.807) is 0 Å². The quantitative estimate of drug-likeness (QED) is 0.375. The molecular weight excluding hydrogens is 480 g/mol. The zero-order chi connectivity index (χ0) is 27.1. The van der Waals surface area contributed by atoms with Gasteiger partial charge in [-0.25, -0.2) is 0 Å². The molecule has 0 bridgehead atoms. The molecule has 2 aromatic carbocycles. The Kier molecular flexibility index (Phi) is 9.15. The summed E-state index contributed by atoms with van der Waals surface area (Å²) in [5.74, 6) is 1.31. The first kappa shape index (κ1) is 27.3. The number of piperazine rings is 1. The van der Waals surface area contributed by atoms with Crippen LogP contribution in [0.1, 0.15) is 11.3 Å². The molecule has 38 heavy (non-hydrogen) atoms. The zero-order valence-corrected chi connectivity index (χ0v) is 22.6. The van der Waals surface area contributed by atoms with E-state index in [0.717, 1.165) is 73.7 Å². The van der Waals surface area contributed by atoms with E-state index < -0.39 is 0 Å². The Balaban J connectivity index is 0.000000786. The fraction of sp³-hybridized carbons (Fsp3) is 0.414. The molecule has 5 rings (SSSR count). The number of aldehydes is 1. The maximum Gasteiger partial charge on any atom is 0.318 e. The number of ether oxygens (including phenoxy) is 1. The Bertz CT molecular complexity index is 1250. The molecule has 0 radical (unpaired) electrons. The Morgan fingerprint density at radius 2 is 1.82 bits per heavy atom. The van der Waals surface area contributed by atoms with Crippen molar-refractivity contribution < 1.29 is 14.6 Å². The molecule has 1 N–H and O–H groups in total. The second kappa shape index (κ2) is 12.7. The van der Waals surface area contributed by atoms with E-state index in [1.165, 1.54) is 11.6 Å². The highest BCUT2D eigenvalue weighted by molar-refractivity contribution is 5.95. The van der Waals surface area contributed by atoms with E-state index in [4.69, 9.17) is 19.5 Å². The summed E-state index contributed by atoms with van der Waals surface area (Å²) >= 11 is 0. The molecule has 2 aliphatic rings. The van der Waals surface area contributed by atoms with Gasteiger partial charge in [-0.1, -0.05) is 30.8 Å². The number of nitrogens with zero attached hydrogens (tertiary/aromatic N) is 6. The molecular formula is C29H38N6O3. The number of fused-ring (bicyclic) bond motifs is 2. The predicted molar refractivity (Wildman–Crippen MR) is 152 cm³/mol. The molecule has 9 heteroatoms. The van der Waals surface area contributed by atoms with Crippen molar-refractivity contribution in [2.75, 3.05) is 76.8 Å². The van der Waals surface area contributed by atoms with Crippen molar-refractivity contribution in [3.8, 4) is 11.8 Å². The molecule has 9 nitrogen and oxygen atoms in total. The van der Waals surface area contributed by atoms with Gasteiger partial charge in [0.2, 0.25) is 0 Å². The van der Waals surface area contributed by atoms with Crippen LogP contribution in [0, 0.1) is 0 Å². The van der Waals surface area contributed by atoms with E-state index in [9.17, 15) is 5.11 Å². The van der Waals surface area contributed by atoms with Gasteiger partial charge in [-0.2, -0.15) is 9.97 Å². The van der Waals surface area contributed by atoms with Crippen molar-refractivity contribution in [2.45, 2.75) is 13.0 Å². The van der Waals surface area contributed by atoms with Crippen LogP contribution in [0.2, 0.25) is 0 Å². The lowest BCUT2D eigenvalue weighted by Gasteiger charge is -2.37. The highest BCUT2D eigenvalue weighted by Crippen LogP contribution is 2.36. The summed E-state index contributed by atoms with van der Waals surface area (Å²) in [6.07, 6.45) is 2.69. The predicted octanol–water partition coefficient (Wildman–Crippen LogP) is 2.96. The van der Waals surface area contributed by atoms with Gasteiger partial charge >= 0.3 is 6.01 Å². The molecule has 0 spiro atoms. The second-order valence-electron chi connectivity index (χ2n) is 9.93. The first-order valence-electron chi connectivity index (χ1n) is 13.0. The number of allylic oxidation sites excluding steroid dienone is 1. The molecule has 0 atom stereocenters. The van der Waals surface area contributed by atoms with Crippen molar-refractivity contribution in [1.82, 2.24) is 19.8 Å². The van der Waals surface area contributed by atoms with Crippen LogP contribution in [0.4, 0.5) is 11.5 Å². The first-order chi connectivity index (χ1) is 18.4. The summed E-state index contributed by atoms with van der Waals surface area (Å²) in [5, 5.41) is 12.5. The molecule has 0 unspecified atom stereocenters. The van der Waals surface area contributed by atoms with Crippen LogP contribution in [0.3, 0.4) is 0 Å². The van der Waals surface area contributed by atoms with Crippen LogP contribution in [-0.2, 0) is 17.8 Å². The van der Waals surface area contributed by atoms with Crippen LogP contribution in [0.5, 0.6) is 11.8 Å². The van der Waals surface area contributed by atoms with E-state index in [-0.39, 0.29) is 5.75 Å². The van der Waals surface area contributed by atoms with Gasteiger partial charge in [-0.05, 0) is 45.1 Å². The molecule has 0 saturated carbocycles. The summed E-state index contributed by atoms with van der Waals surface area (Å²) in [4.78, 5) is 28.0. The van der Waals surface area contributed by atoms with Gasteiger partial charge in [0.1, 0.15) is 24.5 Å². The lowest BCUT2D eigenvalue weighted by Crippen LogP contribution is -2.46. The standard InChI is InChI=1S/C26H34N6O2.C3H4O/c1-29(2)14-15-34-26-27-23-18-32(24-17-20(33)16-19-6-4-5-7-21(19)24)9-8-22(23)25(28-26)31-12-10-30(3)11-13-31;1-2-3-4/h4-7,16-17,33H,8-15,18H2,1-3H3;2-3H,1H2. The Morgan fingerprint density at radius 1 is 1.08 bits per heavy atom. The molecule has 202 valence electrons. The van der Waals surface area contributed by atoms with Crippen molar-refractivity contribution >= 4 is 28.6 Å². The Labute approximate surface area is 224 Å². The van der Waals surface area contributed by atoms with Crippen LogP contribution < -0.4 is 14.5 Å². The maximum atomic E-state index is 10.4. The van der Waals surface area contributed by atoms with Gasteiger partial charge in [0.15, 0.2) is 0 Å². The van der Waals surface area contributed by atoms with E-state index in [1.807, 2.05) is 44.4 Å². The van der Waals surface area contributed by atoms with Gasteiger partial charge in [-0.15, -0.1) is 0 Å². The maximum absolute atomic E-state index is 10.4. The smallest absolute Gasteiger partial charge is 0.318 e. The van der Waals surface area contributed by atoms with Crippen LogP contribution in [0.25, 0.3) is 10.8 Å². The third kappa shape index (κ3) is 6.59. The number of carbonyl (C=O) groups excluding carboxylic acids is 1. The summed E-state index contributed by atoms with van der Waals surface area (Å²) in [5.41, 5.74) is 3.28. The van der Waals surface area contributed by atoms with Crippen molar-refractivity contribution in [3.05, 3.63) is 60.3 Å². The summed E-state index contributed by atoms with van der Waals surface area (Å²) in [7, 11) is 6.23. The highest BCUT2D eigenvalue weighted by Gasteiger charge is 2.28. The number of aromatic nitrogens is 2. The molecule has 0 aliphatic carbocycles. The minimum Gasteiger partial charge on any atom is -0.508 e. The second-order valence-corrected chi connectivity index (χ2v) is 9.93. The van der Waals surface area contributed by atoms with Crippen molar-refractivity contribution in [1.29, 1.82) is 0 Å². The minimum atomic E-state index is 0.285. The average Bonchev–Trinajstić information content (AvgIpc) is 2.92. The minimum absolute atomic E-state index is 0.285. The number of rotatable bonds is 7. The largest absolute Gasteiger partial charge is 0.508 e. The summed E-state index contributed by atoms with van der Waals surface area (Å²) in [6.45, 7) is 9.95. The number of aromatic hydroxyl groups is 1. The third-order valence-electron chi connectivity index (χ3n) is 6.86. The van der Waals surface area contributed by atoms with E-state index in [2.05, 4.69) is 39.3 Å². The van der Waals surface area contributed by atoms with Gasteiger partial charge in [0.25, 0.3) is 0 Å². The number of benzene rings is 2. The third-order valence-corrected chi connectivity index (χ3v) is 6.86. The topological polar surface area (TPSA) is 85.3 Å². The van der Waals surface area contributed by atoms with Gasteiger partial charge < -0.3 is 29.4 Å². The van der Waals surface area contributed by atoms with Gasteiger partial charge in [-0.3, -0.25) is 4.79 Å². The van der Waals surface area contributed by atoms with E-state index >= 15 is 0 Å². The number of likely N-dealkylation sites (N-methyl/N-ethyl adjacent to an activating group) is 2. The highest BCUT2D eigenvalue weighted by atomic mass is 16.5. The normalized spacial score (nSPS) is 15.6. The number of anilines is 2. The number of carbonyl (C=O) groups is 1. The molecule has 3 heterocycles. The molecule has 1 aromatic heterocycles. The number of phenolic OH excluding ortho intramolecular Hbond substituents is 1. The Morgan fingerprint density at radius 3 is 2.53 bits per heavy atom. The fourth-order valence-electron chi connectivity index (χ4n) is 4.79. The summed E-state index contributed by atoms with van der Waals surface area (Å²) in [6, 6.07) is 12.4. The molecule has 1 fully saturated rings. The number of hydrogen-bond acceptors (Lipinski definition) is 9. The molecule has 0 amide bonds. The van der Waals surface area contributed by atoms with Crippen LogP contribution in [0.15, 0.2) is 49.1 Å². The van der Waals surface area contributed by atoms with E-state index in [0.29, 0.717) is 25.4 Å². The monoisotopic (exact) mass is 518 g/mol. The van der Waals surface area contributed by atoms with Crippen molar-refractivity contribution in [2.24, 2.45) is 0 Å². The number of phenols is 1. The first-order valence-corrected chi connectivity index (χ1v) is 13.0. The van der Waals surface area contributed by atoms with Gasteiger partial charge in [0, 0.05) is 62.0 Å². The lowest BCUT2D eigenvalue weighted by atomic mass is 10.0.